The van der Waals surface area contributed by atoms with Crippen LogP contribution in [0.1, 0.15) is 306 Å². The molecule has 100 heavy (non-hydrogen) atoms. The Morgan fingerprint density at radius 3 is 1.25 bits per heavy atom. The fraction of sp³-hybridized carbons (Fsp3) is 0.528. The lowest BCUT2D eigenvalue weighted by Gasteiger charge is -2.33. The van der Waals surface area contributed by atoms with E-state index < -0.39 is 0 Å². The van der Waals surface area contributed by atoms with Gasteiger partial charge in [0.1, 0.15) is 0 Å². The van der Waals surface area contributed by atoms with Crippen molar-refractivity contribution in [1.82, 2.24) is 29.1 Å². The maximum atomic E-state index is 14.3. The highest BCUT2D eigenvalue weighted by Crippen LogP contribution is 2.47. The normalized spacial score (nSPS) is 14.2. The van der Waals surface area contributed by atoms with E-state index in [9.17, 15) is 19.2 Å². The molecule has 8 aromatic rings. The van der Waals surface area contributed by atoms with Gasteiger partial charge in [0.05, 0.1) is 55.4 Å². The highest BCUT2D eigenvalue weighted by molar-refractivity contribution is 6.04. The molecule has 11 nitrogen and oxygen atoms in total. The van der Waals surface area contributed by atoms with Crippen molar-refractivity contribution in [1.29, 1.82) is 0 Å². The third-order valence-electron chi connectivity index (χ3n) is 22.7. The van der Waals surface area contributed by atoms with Crippen LogP contribution in [0.2, 0.25) is 0 Å². The quantitative estimate of drug-likeness (QED) is 0.0445. The Morgan fingerprint density at radius 1 is 0.440 bits per heavy atom. The van der Waals surface area contributed by atoms with E-state index in [1.165, 1.54) is 163 Å². The number of aryl methyl sites for hydroxylation is 4. The van der Waals surface area contributed by atoms with Crippen molar-refractivity contribution in [2.45, 2.75) is 294 Å². The van der Waals surface area contributed by atoms with Crippen LogP contribution in [0, 0.1) is 13.8 Å². The molecule has 532 valence electrons. The van der Waals surface area contributed by atoms with Crippen molar-refractivity contribution in [3.05, 3.63) is 164 Å². The average Bonchev–Trinajstić information content (AvgIpc) is 1.58. The van der Waals surface area contributed by atoms with Gasteiger partial charge in [0.15, 0.2) is 0 Å². The molecule has 0 aliphatic carbocycles. The number of rotatable bonds is 29. The van der Waals surface area contributed by atoms with Crippen LogP contribution in [0.5, 0.6) is 0 Å². The fourth-order valence-electron chi connectivity index (χ4n) is 16.4. The summed E-state index contributed by atoms with van der Waals surface area (Å²) in [4.78, 5) is 78.7. The Bertz CT molecular complexity index is 4510. The number of fused-ring (bicyclic) bond motifs is 10. The predicted octanol–water partition coefficient (Wildman–Crippen LogP) is 22.6. The Morgan fingerprint density at radius 2 is 0.840 bits per heavy atom. The van der Waals surface area contributed by atoms with Crippen LogP contribution in [0.3, 0.4) is 0 Å². The van der Waals surface area contributed by atoms with E-state index in [2.05, 4.69) is 173 Å². The number of anilines is 1. The van der Waals surface area contributed by atoms with Gasteiger partial charge in [-0.1, -0.05) is 203 Å². The van der Waals surface area contributed by atoms with E-state index in [0.717, 1.165) is 141 Å². The molecule has 3 aliphatic rings. The molecule has 0 unspecified atom stereocenters. The van der Waals surface area contributed by atoms with E-state index in [4.69, 9.17) is 9.97 Å². The second-order valence-electron chi connectivity index (χ2n) is 32.0. The Balaban J connectivity index is 1.11. The van der Waals surface area contributed by atoms with Crippen LogP contribution in [0.4, 0.5) is 5.69 Å². The molecule has 0 saturated carbocycles. The molecule has 3 aliphatic heterocycles. The molecule has 8 bridgehead atoms. The van der Waals surface area contributed by atoms with E-state index in [0.29, 0.717) is 32.5 Å². The number of benzene rings is 3. The number of hydrogen-bond acceptors (Lipinski definition) is 7. The van der Waals surface area contributed by atoms with Gasteiger partial charge >= 0.3 is 0 Å². The first kappa shape index (κ1) is 73.6. The summed E-state index contributed by atoms with van der Waals surface area (Å²) in [6.07, 6.45) is 27.3. The maximum Gasteiger partial charge on any atom is 0.261 e. The van der Waals surface area contributed by atoms with Crippen LogP contribution < -0.4 is 27.1 Å². The van der Waals surface area contributed by atoms with E-state index >= 15 is 0 Å². The summed E-state index contributed by atoms with van der Waals surface area (Å²) in [5.74, 6) is 0. The van der Waals surface area contributed by atoms with Gasteiger partial charge in [-0.25, -0.2) is 9.97 Å². The molecular weight excluding hydrogens is 1230 g/mol. The number of allylic oxidation sites excluding steroid dienone is 4. The zero-order valence-corrected chi connectivity index (χ0v) is 63.8. The molecule has 11 rings (SSSR count). The second-order valence-corrected chi connectivity index (χ2v) is 32.0. The molecule has 0 amide bonds. The minimum atomic E-state index is -0.382. The number of unbranched alkanes of at least 4 members (excludes halogenated alkanes) is 15. The van der Waals surface area contributed by atoms with Gasteiger partial charge in [-0.05, 0) is 212 Å². The first-order chi connectivity index (χ1) is 48.0. The van der Waals surface area contributed by atoms with Crippen LogP contribution in [0.25, 0.3) is 88.2 Å². The van der Waals surface area contributed by atoms with Gasteiger partial charge in [0.2, 0.25) is 0 Å². The number of nitrogens with zero attached hydrogens (tertiary/aromatic N) is 5. The van der Waals surface area contributed by atoms with Crippen molar-refractivity contribution in [2.24, 2.45) is 0 Å². The lowest BCUT2D eigenvalue weighted by Crippen LogP contribution is -2.39. The minimum absolute atomic E-state index is 0.0867. The number of aromatic nitrogens is 6. The van der Waals surface area contributed by atoms with E-state index in [1.54, 1.807) is 0 Å². The SMILES string of the molecule is CCCCCCC1=C(C)c2nc1cc1[nH]c(c(C)c1CCCCCC)c(-c1cc(C(C)(C)C)cc(C(C)(C)C)c1)c1[nH]c(cc3nc(c2-c2ccc(N4CCC(n5c(=O)c6cc7c(=O)n(CCCCCC)c(=O)c7cc6c5=O)CC4)cc2)C(C)=C3CCCCCC)c(CCCCCC)c1C. The van der Waals surface area contributed by atoms with Crippen LogP contribution in [0.15, 0.2) is 85.9 Å². The predicted molar refractivity (Wildman–Crippen MR) is 426 cm³/mol. The lowest BCUT2D eigenvalue weighted by atomic mass is 9.78. The third-order valence-corrected chi connectivity index (χ3v) is 22.7. The molecule has 3 aromatic carbocycles. The van der Waals surface area contributed by atoms with Crippen molar-refractivity contribution in [3.63, 3.8) is 0 Å². The van der Waals surface area contributed by atoms with E-state index in [-0.39, 0.29) is 60.7 Å². The van der Waals surface area contributed by atoms with Crippen molar-refractivity contribution in [3.8, 4) is 22.3 Å². The van der Waals surface area contributed by atoms with Gasteiger partial charge in [-0.3, -0.25) is 28.3 Å². The number of piperidine rings is 1. The smallest absolute Gasteiger partial charge is 0.261 e. The monoisotopic (exact) mass is 1350 g/mol. The Labute approximate surface area is 596 Å². The molecule has 0 radical (unpaired) electrons. The zero-order chi connectivity index (χ0) is 71.3. The maximum absolute atomic E-state index is 14.3. The zero-order valence-electron chi connectivity index (χ0n) is 63.8. The van der Waals surface area contributed by atoms with Crippen molar-refractivity contribution >= 4 is 71.6 Å². The summed E-state index contributed by atoms with van der Waals surface area (Å²) >= 11 is 0. The van der Waals surface area contributed by atoms with Gasteiger partial charge < -0.3 is 14.9 Å². The van der Waals surface area contributed by atoms with Crippen LogP contribution in [-0.2, 0) is 30.2 Å². The summed E-state index contributed by atoms with van der Waals surface area (Å²) in [6.45, 7) is 36.5. The van der Waals surface area contributed by atoms with Gasteiger partial charge in [-0.2, -0.15) is 0 Å². The summed E-state index contributed by atoms with van der Waals surface area (Å²) in [6, 6.07) is 24.1. The summed E-state index contributed by atoms with van der Waals surface area (Å²) in [5.41, 5.74) is 25.8. The molecule has 2 N–H and O–H groups in total. The van der Waals surface area contributed by atoms with Gasteiger partial charge in [0, 0.05) is 53.5 Å². The third kappa shape index (κ3) is 15.1. The largest absolute Gasteiger partial charge is 0.371 e. The molecule has 1 saturated heterocycles. The first-order valence-electron chi connectivity index (χ1n) is 39.2. The average molecular weight is 1350 g/mol. The second kappa shape index (κ2) is 31.7. The number of hydrogen-bond donors (Lipinski definition) is 2. The van der Waals surface area contributed by atoms with E-state index in [1.807, 2.05) is 0 Å². The number of H-pyrrole nitrogens is 2. The summed E-state index contributed by atoms with van der Waals surface area (Å²) < 4.78 is 2.69. The minimum Gasteiger partial charge on any atom is -0.371 e. The molecular formula is C89H117N7O4. The highest BCUT2D eigenvalue weighted by atomic mass is 16.2. The van der Waals surface area contributed by atoms with Gasteiger partial charge in [-0.15, -0.1) is 0 Å². The Kier molecular flexibility index (Phi) is 23.3. The summed E-state index contributed by atoms with van der Waals surface area (Å²) in [5, 5.41) is 0.879. The fourth-order valence-corrected chi connectivity index (χ4v) is 16.4. The van der Waals surface area contributed by atoms with Crippen LogP contribution >= 0.6 is 0 Å². The number of aromatic amines is 2. The lowest BCUT2D eigenvalue weighted by molar-refractivity contribution is 0.385. The molecule has 0 spiro atoms. The van der Waals surface area contributed by atoms with Crippen molar-refractivity contribution in [2.75, 3.05) is 18.0 Å². The molecule has 5 aromatic heterocycles. The standard InChI is InChI=1S/C89H117N7O4/c1-16-21-26-31-36-66-56(6)80-78(60-40-42-64(43-41-60)94-47-44-65(45-48-94)96-86(99)72-52-70-71(53-73(72)87(96)100)85(98)95(84(70)97)46-35-30-25-20-5)81-57(7)67(37-32-27-22-17-2)75(91-81)55-77-69(39-34-29-24-19-4)59(9)83(93-77)79(61-49-62(88(10,11)12)51-63(50-61)89(13,14)15)82-58(8)68(38-33-28-23-18-3)76(92-82)54-74(66)90-80/h40-43,49-55,65,92-93H,16-39,44-48H2,1-15H3. The molecule has 11 heteroatoms. The topological polar surface area (TPSA) is 139 Å². The summed E-state index contributed by atoms with van der Waals surface area (Å²) in [7, 11) is 0. The molecule has 0 atom stereocenters. The molecule has 1 fully saturated rings. The van der Waals surface area contributed by atoms with Crippen LogP contribution in [-0.4, -0.2) is 42.2 Å². The highest BCUT2D eigenvalue weighted by Gasteiger charge is 2.32. The van der Waals surface area contributed by atoms with Crippen molar-refractivity contribution < 1.29 is 0 Å². The molecule has 8 heterocycles. The van der Waals surface area contributed by atoms with Gasteiger partial charge in [0.25, 0.3) is 22.2 Å². The number of nitrogens with one attached hydrogen (secondary N) is 2. The Hall–Kier alpha value is -7.66. The first-order valence-corrected chi connectivity index (χ1v) is 39.2.